The molecule has 0 atom stereocenters. The number of likely N-dealkylation sites (tertiary alicyclic amines) is 1. The van der Waals surface area contributed by atoms with Gasteiger partial charge in [-0.1, -0.05) is 23.7 Å². The van der Waals surface area contributed by atoms with Crippen molar-refractivity contribution in [3.05, 3.63) is 70.5 Å². The molecule has 0 bridgehead atoms. The van der Waals surface area contributed by atoms with Crippen LogP contribution in [0, 0.1) is 5.82 Å². The van der Waals surface area contributed by atoms with Crippen LogP contribution in [0.4, 0.5) is 4.39 Å². The van der Waals surface area contributed by atoms with Crippen LogP contribution in [-0.4, -0.2) is 34.4 Å². The molecule has 0 spiro atoms. The molecular weight excluding hydrogens is 385 g/mol. The minimum Gasteiger partial charge on any atom is -0.385 e. The topological polar surface area (TPSA) is 37.3 Å². The molecule has 144 valence electrons. The van der Waals surface area contributed by atoms with Crippen LogP contribution in [0.15, 0.2) is 48.5 Å². The van der Waals surface area contributed by atoms with E-state index in [-0.39, 0.29) is 11.6 Å². The number of halogens is 2. The Kier molecular flexibility index (Phi) is 6.26. The first-order valence-corrected chi connectivity index (χ1v) is 9.94. The molecule has 0 unspecified atom stereocenters. The molecule has 1 saturated heterocycles. The monoisotopic (exact) mass is 408 g/mol. The molecule has 0 amide bonds. The summed E-state index contributed by atoms with van der Waals surface area (Å²) in [5.74, 6) is -0.322. The van der Waals surface area contributed by atoms with Crippen molar-refractivity contribution in [1.82, 2.24) is 0 Å². The van der Waals surface area contributed by atoms with Gasteiger partial charge >= 0.3 is 0 Å². The first kappa shape index (κ1) is 20.3. The molecule has 1 aliphatic rings. The van der Waals surface area contributed by atoms with Crippen molar-refractivity contribution in [1.29, 1.82) is 0 Å². The lowest BCUT2D eigenvalue weighted by molar-refractivity contribution is -0.802. The van der Waals surface area contributed by atoms with Gasteiger partial charge in [0.2, 0.25) is 0 Å². The van der Waals surface area contributed by atoms with Gasteiger partial charge in [0.05, 0.1) is 32.4 Å². The van der Waals surface area contributed by atoms with Crippen molar-refractivity contribution in [2.24, 2.45) is 0 Å². The first-order chi connectivity index (χ1) is 12.8. The summed E-state index contributed by atoms with van der Waals surface area (Å²) in [5, 5.41) is 11.6. The van der Waals surface area contributed by atoms with Crippen LogP contribution < -0.4 is 0 Å². The fourth-order valence-electron chi connectivity index (χ4n) is 3.61. The average Bonchev–Trinajstić information content (AvgIpc) is 2.65. The van der Waals surface area contributed by atoms with E-state index in [1.807, 2.05) is 12.1 Å². The Hall–Kier alpha value is -1.40. The fraction of sp³-hybridized carbons (Fsp3) is 0.381. The summed E-state index contributed by atoms with van der Waals surface area (Å²) in [6.07, 6.45) is 2.35. The summed E-state index contributed by atoms with van der Waals surface area (Å²) in [5.41, 5.74) is 0.578. The van der Waals surface area contributed by atoms with Crippen molar-refractivity contribution in [2.75, 3.05) is 19.6 Å². The van der Waals surface area contributed by atoms with Gasteiger partial charge in [-0.25, -0.2) is 4.39 Å². The molecule has 27 heavy (non-hydrogen) atoms. The fourth-order valence-corrected chi connectivity index (χ4v) is 4.08. The second kappa shape index (κ2) is 8.31. The van der Waals surface area contributed by atoms with E-state index in [2.05, 4.69) is 0 Å². The van der Waals surface area contributed by atoms with Crippen LogP contribution in [0.1, 0.15) is 41.6 Å². The maximum absolute atomic E-state index is 12.9. The molecule has 3 nitrogen and oxygen atoms in total. The highest BCUT2D eigenvalue weighted by Gasteiger charge is 2.41. The van der Waals surface area contributed by atoms with Gasteiger partial charge in [0.1, 0.15) is 11.4 Å². The van der Waals surface area contributed by atoms with Gasteiger partial charge < -0.3 is 5.11 Å². The number of quaternary nitrogens is 1. The molecular formula is C21H24ClFNO2S+. The van der Waals surface area contributed by atoms with E-state index in [0.29, 0.717) is 40.2 Å². The van der Waals surface area contributed by atoms with Gasteiger partial charge in [-0.2, -0.15) is 0 Å². The number of hydrogen-bond acceptors (Lipinski definition) is 3. The summed E-state index contributed by atoms with van der Waals surface area (Å²) in [7, 11) is 0. The quantitative estimate of drug-likeness (QED) is 0.410. The van der Waals surface area contributed by atoms with Gasteiger partial charge in [0.15, 0.2) is 5.78 Å². The van der Waals surface area contributed by atoms with E-state index in [0.717, 1.165) is 25.2 Å². The van der Waals surface area contributed by atoms with Crippen molar-refractivity contribution in [2.45, 2.75) is 31.3 Å². The third-order valence-corrected chi connectivity index (χ3v) is 6.26. The zero-order valence-electron chi connectivity index (χ0n) is 15.1. The molecule has 1 fully saturated rings. The van der Waals surface area contributed by atoms with E-state index in [1.54, 1.807) is 12.1 Å². The van der Waals surface area contributed by atoms with Crippen LogP contribution in [0.5, 0.6) is 0 Å². The standard InChI is InChI=1S/C21H24ClFNO2S/c22-18-7-5-17(6-8-18)21(26)11-14-24(27,15-12-21)13-1-2-20(25)16-3-9-19(23)10-4-16/h3-10,26-27H,1-2,11-15H2/q+1. The number of rotatable bonds is 6. The number of thiol groups is 1. The number of hydrogen-bond donors (Lipinski definition) is 2. The molecule has 0 radical (unpaired) electrons. The van der Waals surface area contributed by atoms with Crippen LogP contribution in [-0.2, 0) is 5.60 Å². The van der Waals surface area contributed by atoms with Crippen LogP contribution in [0.2, 0.25) is 5.02 Å². The molecule has 6 heteroatoms. The number of nitrogens with zero attached hydrogens (tertiary/aromatic N) is 1. The largest absolute Gasteiger partial charge is 0.385 e. The lowest BCUT2D eigenvalue weighted by Crippen LogP contribution is -2.51. The van der Waals surface area contributed by atoms with Crippen LogP contribution in [0.3, 0.4) is 0 Å². The molecule has 3 rings (SSSR count). The van der Waals surface area contributed by atoms with Crippen molar-refractivity contribution >= 4 is 30.2 Å². The number of benzene rings is 2. The highest BCUT2D eigenvalue weighted by molar-refractivity contribution is 7.74. The van der Waals surface area contributed by atoms with Gasteiger partial charge in [-0.05, 0) is 42.0 Å². The number of piperidine rings is 1. The Morgan fingerprint density at radius 1 is 1.11 bits per heavy atom. The van der Waals surface area contributed by atoms with Gasteiger partial charge in [-0.3, -0.25) is 8.68 Å². The highest BCUT2D eigenvalue weighted by Crippen LogP contribution is 2.37. The number of carbonyl (C=O) groups is 1. The number of ketones is 1. The van der Waals surface area contributed by atoms with Gasteiger partial charge in [-0.15, -0.1) is 0 Å². The third kappa shape index (κ3) is 5.11. The van der Waals surface area contributed by atoms with Crippen molar-refractivity contribution in [3.63, 3.8) is 0 Å². The van der Waals surface area contributed by atoms with Gasteiger partial charge in [0, 0.05) is 36.3 Å². The predicted molar refractivity (Wildman–Crippen MR) is 108 cm³/mol. The zero-order valence-corrected chi connectivity index (χ0v) is 16.7. The van der Waals surface area contributed by atoms with Gasteiger partial charge in [0.25, 0.3) is 0 Å². The van der Waals surface area contributed by atoms with E-state index in [4.69, 9.17) is 24.4 Å². The number of aliphatic hydroxyl groups is 1. The third-order valence-electron chi connectivity index (χ3n) is 5.41. The Bertz CT molecular complexity index is 787. The molecule has 0 aromatic heterocycles. The lowest BCUT2D eigenvalue weighted by atomic mass is 9.84. The molecule has 2 aromatic carbocycles. The Balaban J connectivity index is 1.51. The smallest absolute Gasteiger partial charge is 0.163 e. The molecule has 0 saturated carbocycles. The molecule has 1 heterocycles. The lowest BCUT2D eigenvalue weighted by Gasteiger charge is -2.42. The van der Waals surface area contributed by atoms with E-state index < -0.39 is 5.60 Å². The molecule has 1 N–H and O–H groups in total. The SMILES string of the molecule is O=C(CCC[N+]1(S)CCC(O)(c2ccc(Cl)cc2)CC1)c1ccc(F)cc1. The zero-order chi connectivity index (χ0) is 19.5. The van der Waals surface area contributed by atoms with E-state index in [9.17, 15) is 14.3 Å². The minimum absolute atomic E-state index is 0.0182. The Morgan fingerprint density at radius 2 is 1.70 bits per heavy atom. The van der Waals surface area contributed by atoms with Crippen LogP contribution in [0.25, 0.3) is 0 Å². The maximum Gasteiger partial charge on any atom is 0.163 e. The Labute approximate surface area is 169 Å². The summed E-state index contributed by atoms with van der Waals surface area (Å²) in [6.45, 7) is 2.21. The maximum atomic E-state index is 12.9. The Morgan fingerprint density at radius 3 is 2.30 bits per heavy atom. The molecule has 1 aliphatic heterocycles. The minimum atomic E-state index is -0.848. The second-order valence-corrected chi connectivity index (χ2v) is 8.62. The van der Waals surface area contributed by atoms with E-state index >= 15 is 0 Å². The number of Topliss-reactive ketones (excluding diaryl/α,β-unsaturated/α-hetero) is 1. The van der Waals surface area contributed by atoms with Crippen molar-refractivity contribution in [3.8, 4) is 0 Å². The summed E-state index contributed by atoms with van der Waals surface area (Å²) in [6, 6.07) is 13.0. The highest BCUT2D eigenvalue weighted by atomic mass is 35.5. The van der Waals surface area contributed by atoms with Crippen LogP contribution >= 0.6 is 24.4 Å². The summed E-state index contributed by atoms with van der Waals surface area (Å²) in [4.78, 5) is 12.2. The average molecular weight is 409 g/mol. The molecule has 0 aliphatic carbocycles. The first-order valence-electron chi connectivity index (χ1n) is 9.16. The predicted octanol–water partition coefficient (Wildman–Crippen LogP) is 4.79. The summed E-state index contributed by atoms with van der Waals surface area (Å²) < 4.78 is 13.5. The van der Waals surface area contributed by atoms with E-state index in [1.165, 1.54) is 24.3 Å². The molecule has 2 aromatic rings. The normalized spacial score (nSPS) is 25.3. The number of carbonyl (C=O) groups excluding carboxylic acids is 1. The van der Waals surface area contributed by atoms with Crippen molar-refractivity contribution < 1.29 is 18.2 Å². The second-order valence-electron chi connectivity index (χ2n) is 7.34. The summed E-state index contributed by atoms with van der Waals surface area (Å²) >= 11 is 10.7.